The molecule has 1 rings (SSSR count). The molecule has 0 amide bonds. The minimum Gasteiger partial charge on any atom is -0.397 e. The number of hydrogen-bond donors (Lipinski definition) is 3. The summed E-state index contributed by atoms with van der Waals surface area (Å²) in [5.74, 6) is 0. The van der Waals surface area contributed by atoms with Crippen LogP contribution in [-0.2, 0) is 5.67 Å². The van der Waals surface area contributed by atoms with Crippen LogP contribution in [0.4, 0.5) is 36.4 Å². The summed E-state index contributed by atoms with van der Waals surface area (Å²) in [7, 11) is 0. The van der Waals surface area contributed by atoms with Crippen molar-refractivity contribution in [3.63, 3.8) is 0 Å². The van der Waals surface area contributed by atoms with Gasteiger partial charge in [-0.05, 0) is 12.1 Å². The average Bonchev–Trinajstić information content (AvgIpc) is 2.20. The summed E-state index contributed by atoms with van der Waals surface area (Å²) in [5.41, 5.74) is -2.15. The van der Waals surface area contributed by atoms with E-state index in [-0.39, 0.29) is 17.8 Å². The first-order chi connectivity index (χ1) is 8.32. The Bertz CT molecular complexity index is 457. The van der Waals surface area contributed by atoms with E-state index in [1.54, 1.807) is 0 Å². The number of thiol groups is 2. The Morgan fingerprint density at radius 2 is 1.11 bits per heavy atom. The van der Waals surface area contributed by atoms with Crippen molar-refractivity contribution in [2.24, 2.45) is 0 Å². The monoisotopic (exact) mass is 325 g/mol. The van der Waals surface area contributed by atoms with Gasteiger partial charge in [0.05, 0.1) is 5.69 Å². The van der Waals surface area contributed by atoms with Crippen LogP contribution in [0, 0.1) is 0 Å². The highest BCUT2D eigenvalue weighted by atomic mass is 32.1. The van der Waals surface area contributed by atoms with Gasteiger partial charge in [0, 0.05) is 15.4 Å². The van der Waals surface area contributed by atoms with Crippen LogP contribution in [0.3, 0.4) is 0 Å². The van der Waals surface area contributed by atoms with Gasteiger partial charge in [-0.3, -0.25) is 0 Å². The first-order valence-electron chi connectivity index (χ1n) is 4.46. The predicted molar refractivity (Wildman–Crippen MR) is 60.3 cm³/mol. The summed E-state index contributed by atoms with van der Waals surface area (Å²) in [5, 5.41) is 0. The Kier molecular flexibility index (Phi) is 3.99. The third-order valence-corrected chi connectivity index (χ3v) is 3.06. The van der Waals surface area contributed by atoms with E-state index in [2.05, 4.69) is 25.3 Å². The van der Waals surface area contributed by atoms with Crippen molar-refractivity contribution in [3.8, 4) is 0 Å². The standard InChI is InChI=1S/C9H6F7NS2/c10-7(8(11,12)13,9(14,15)16)3-1-4(18)6(17)5(19)2-3/h1-2,18-19H,17H2. The molecule has 0 saturated carbocycles. The summed E-state index contributed by atoms with van der Waals surface area (Å²) >= 11 is 7.17. The van der Waals surface area contributed by atoms with Crippen LogP contribution in [-0.4, -0.2) is 12.4 Å². The average molecular weight is 325 g/mol. The Morgan fingerprint density at radius 1 is 0.789 bits per heavy atom. The molecule has 0 bridgehead atoms. The van der Waals surface area contributed by atoms with Crippen LogP contribution in [0.2, 0.25) is 0 Å². The van der Waals surface area contributed by atoms with Crippen LogP contribution >= 0.6 is 25.3 Å². The summed E-state index contributed by atoms with van der Waals surface area (Å²) in [6.07, 6.45) is -12.4. The molecule has 2 N–H and O–H groups in total. The van der Waals surface area contributed by atoms with Gasteiger partial charge in [-0.2, -0.15) is 26.3 Å². The smallest absolute Gasteiger partial charge is 0.397 e. The first kappa shape index (κ1) is 16.3. The molecule has 10 heteroatoms. The van der Waals surface area contributed by atoms with E-state index in [1.807, 2.05) is 0 Å². The second-order valence-electron chi connectivity index (χ2n) is 3.58. The number of benzene rings is 1. The number of nitrogens with two attached hydrogens (primary N) is 1. The van der Waals surface area contributed by atoms with Crippen LogP contribution in [0.25, 0.3) is 0 Å². The van der Waals surface area contributed by atoms with E-state index in [0.29, 0.717) is 0 Å². The summed E-state index contributed by atoms with van der Waals surface area (Å²) in [6, 6.07) is 0.554. The molecule has 1 aromatic carbocycles. The minimum atomic E-state index is -6.18. The molecule has 0 aliphatic rings. The molecule has 0 aliphatic heterocycles. The molecule has 0 spiro atoms. The molecule has 0 radical (unpaired) electrons. The van der Waals surface area contributed by atoms with Gasteiger partial charge in [0.15, 0.2) is 0 Å². The van der Waals surface area contributed by atoms with Crippen molar-refractivity contribution in [1.82, 2.24) is 0 Å². The molecule has 1 nitrogen and oxygen atoms in total. The highest BCUT2D eigenvalue weighted by Gasteiger charge is 2.73. The fraction of sp³-hybridized carbons (Fsp3) is 0.333. The lowest BCUT2D eigenvalue weighted by atomic mass is 9.94. The fourth-order valence-corrected chi connectivity index (χ4v) is 1.92. The van der Waals surface area contributed by atoms with Crippen molar-refractivity contribution in [3.05, 3.63) is 17.7 Å². The van der Waals surface area contributed by atoms with Gasteiger partial charge in [0.1, 0.15) is 0 Å². The van der Waals surface area contributed by atoms with Crippen LogP contribution in [0.15, 0.2) is 21.9 Å². The van der Waals surface area contributed by atoms with Crippen molar-refractivity contribution in [2.45, 2.75) is 27.8 Å². The first-order valence-corrected chi connectivity index (χ1v) is 5.36. The molecule has 0 heterocycles. The lowest BCUT2D eigenvalue weighted by Gasteiger charge is -2.30. The Morgan fingerprint density at radius 3 is 1.37 bits per heavy atom. The molecule has 0 atom stereocenters. The van der Waals surface area contributed by atoms with E-state index in [9.17, 15) is 30.7 Å². The highest BCUT2D eigenvalue weighted by Crippen LogP contribution is 2.54. The zero-order valence-electron chi connectivity index (χ0n) is 8.77. The molecule has 0 aromatic heterocycles. The van der Waals surface area contributed by atoms with Gasteiger partial charge in [-0.15, -0.1) is 25.3 Å². The summed E-state index contributed by atoms with van der Waals surface area (Å²) < 4.78 is 88.5. The topological polar surface area (TPSA) is 26.0 Å². The van der Waals surface area contributed by atoms with Crippen LogP contribution in [0.5, 0.6) is 0 Å². The van der Waals surface area contributed by atoms with Crippen molar-refractivity contribution < 1.29 is 30.7 Å². The molecule has 1 aromatic rings. The maximum atomic E-state index is 13.7. The zero-order chi connectivity index (χ0) is 15.2. The molecule has 108 valence electrons. The van der Waals surface area contributed by atoms with Gasteiger partial charge in [0.25, 0.3) is 0 Å². The maximum Gasteiger partial charge on any atom is 0.435 e. The van der Waals surface area contributed by atoms with E-state index in [4.69, 9.17) is 5.73 Å². The lowest BCUT2D eigenvalue weighted by Crippen LogP contribution is -2.50. The third-order valence-electron chi connectivity index (χ3n) is 2.32. The number of hydrogen-bond acceptors (Lipinski definition) is 3. The Hall–Kier alpha value is -0.770. The van der Waals surface area contributed by atoms with Gasteiger partial charge in [-0.1, -0.05) is 0 Å². The molecule has 0 fully saturated rings. The molecular formula is C9H6F7NS2. The van der Waals surface area contributed by atoms with E-state index < -0.39 is 33.4 Å². The minimum absolute atomic E-state index is 0.248. The summed E-state index contributed by atoms with van der Waals surface area (Å²) in [6.45, 7) is 0. The number of nitrogen functional groups attached to an aromatic ring is 1. The van der Waals surface area contributed by atoms with E-state index in [0.717, 1.165) is 0 Å². The fourth-order valence-electron chi connectivity index (χ4n) is 1.31. The van der Waals surface area contributed by atoms with Gasteiger partial charge >= 0.3 is 18.0 Å². The van der Waals surface area contributed by atoms with Gasteiger partial charge < -0.3 is 5.73 Å². The molecule has 0 saturated heterocycles. The quantitative estimate of drug-likeness (QED) is 0.404. The van der Waals surface area contributed by atoms with Crippen LogP contribution < -0.4 is 5.73 Å². The molecule has 0 aliphatic carbocycles. The lowest BCUT2D eigenvalue weighted by molar-refractivity contribution is -0.348. The Balaban J connectivity index is 3.62. The van der Waals surface area contributed by atoms with Crippen molar-refractivity contribution in [2.75, 3.05) is 5.73 Å². The SMILES string of the molecule is Nc1c(S)cc(C(F)(C(F)(F)F)C(F)(F)F)cc1S. The predicted octanol–water partition coefficient (Wildman–Crippen LogP) is 4.14. The maximum absolute atomic E-state index is 13.7. The number of alkyl halides is 7. The Labute approximate surface area is 113 Å². The van der Waals surface area contributed by atoms with E-state index in [1.165, 1.54) is 0 Å². The highest BCUT2D eigenvalue weighted by molar-refractivity contribution is 7.81. The van der Waals surface area contributed by atoms with Crippen molar-refractivity contribution >= 4 is 30.9 Å². The molecule has 0 unspecified atom stereocenters. The van der Waals surface area contributed by atoms with Crippen molar-refractivity contribution in [1.29, 1.82) is 0 Å². The van der Waals surface area contributed by atoms with Gasteiger partial charge in [0.2, 0.25) is 0 Å². The summed E-state index contributed by atoms with van der Waals surface area (Å²) in [4.78, 5) is -0.865. The van der Waals surface area contributed by atoms with E-state index >= 15 is 0 Å². The number of halogens is 7. The number of anilines is 1. The van der Waals surface area contributed by atoms with Gasteiger partial charge in [-0.25, -0.2) is 4.39 Å². The second-order valence-corrected chi connectivity index (χ2v) is 4.55. The van der Waals surface area contributed by atoms with Crippen LogP contribution in [0.1, 0.15) is 5.56 Å². The molecular weight excluding hydrogens is 319 g/mol. The largest absolute Gasteiger partial charge is 0.435 e. The number of rotatable bonds is 1. The third kappa shape index (κ3) is 2.60. The second kappa shape index (κ2) is 4.65. The zero-order valence-corrected chi connectivity index (χ0v) is 10.6. The molecule has 19 heavy (non-hydrogen) atoms. The normalized spacial score (nSPS) is 13.7.